The molecule has 0 aromatic carbocycles. The van der Waals surface area contributed by atoms with Crippen molar-refractivity contribution in [3.63, 3.8) is 0 Å². The van der Waals surface area contributed by atoms with Crippen molar-refractivity contribution in [1.82, 2.24) is 30.1 Å². The third kappa shape index (κ3) is 6.78. The van der Waals surface area contributed by atoms with E-state index in [1.54, 1.807) is 6.92 Å². The van der Waals surface area contributed by atoms with Crippen LogP contribution >= 0.6 is 46.2 Å². The molecule has 0 radical (unpaired) electrons. The van der Waals surface area contributed by atoms with Gasteiger partial charge in [-0.2, -0.15) is 4.73 Å². The molecule has 0 unspecified atom stereocenters. The van der Waals surface area contributed by atoms with Gasteiger partial charge in [-0.15, -0.1) is 33.3 Å². The van der Waals surface area contributed by atoms with Crippen LogP contribution in [0.3, 0.4) is 0 Å². The largest absolute Gasteiger partial charge is 0.503 e. The number of carboxylic acids is 1. The third-order valence-corrected chi connectivity index (χ3v) is 10.3. The van der Waals surface area contributed by atoms with E-state index in [0.717, 1.165) is 51.6 Å². The number of amides is 2. The van der Waals surface area contributed by atoms with Crippen LogP contribution < -0.4 is 16.5 Å². The number of pyridine rings is 1. The first-order valence-corrected chi connectivity index (χ1v) is 16.6. The van der Waals surface area contributed by atoms with Crippen LogP contribution in [0.25, 0.3) is 0 Å². The first-order chi connectivity index (χ1) is 22.0. The number of hydrogen-bond acceptors (Lipinski definition) is 18. The highest BCUT2D eigenvalue weighted by Crippen LogP contribution is 2.42. The summed E-state index contributed by atoms with van der Waals surface area (Å²) >= 11 is 4.41. The van der Waals surface area contributed by atoms with Crippen molar-refractivity contribution in [3.8, 4) is 5.75 Å². The van der Waals surface area contributed by atoms with E-state index < -0.39 is 53.0 Å². The first kappa shape index (κ1) is 32.7. The van der Waals surface area contributed by atoms with Crippen molar-refractivity contribution < 1.29 is 44.2 Å². The lowest BCUT2D eigenvalue weighted by Crippen LogP contribution is -2.71. The monoisotopic (exact) mass is 710 g/mol. The van der Waals surface area contributed by atoms with Crippen LogP contribution in [-0.4, -0.2) is 99.2 Å². The van der Waals surface area contributed by atoms with Crippen LogP contribution in [0.15, 0.2) is 43.2 Å². The molecule has 1 saturated heterocycles. The van der Waals surface area contributed by atoms with Gasteiger partial charge in [0.1, 0.15) is 28.5 Å². The second kappa shape index (κ2) is 13.8. The molecule has 3 aromatic rings. The predicted molar refractivity (Wildman–Crippen MR) is 164 cm³/mol. The van der Waals surface area contributed by atoms with Gasteiger partial charge in [-0.1, -0.05) is 28.3 Å². The zero-order valence-corrected chi connectivity index (χ0v) is 26.6. The number of nitrogens with two attached hydrogens (primary N) is 1. The standard InChI is InChI=1S/C24H22N8O10S4/c1-2-41-22(39)18-28-29-24(46-18)45-7-9-6-43-20-15(19(36)32(20)16(9)21(37)38)27-17(35)14(11-8-44-23(25)26-11)30-42-5-10-3-12(33)13(34)4-31(10)40/h3-4,8,15,20,34,40H,2,5-7H2,1H3,(H2,25,26)(H,27,35)(H,37,38)/b30-14+/t15-,20-/m1/s1. The number of aromatic hydroxyl groups is 1. The average Bonchev–Trinajstić information content (AvgIpc) is 3.68. The van der Waals surface area contributed by atoms with E-state index in [9.17, 15) is 39.4 Å². The van der Waals surface area contributed by atoms with Gasteiger partial charge in [0.25, 0.3) is 11.8 Å². The van der Waals surface area contributed by atoms with E-state index in [4.69, 9.17) is 15.3 Å². The fourth-order valence-corrected chi connectivity index (χ4v) is 7.90. The van der Waals surface area contributed by atoms with E-state index in [2.05, 4.69) is 25.7 Å². The second-order valence-electron chi connectivity index (χ2n) is 9.14. The average molecular weight is 711 g/mol. The van der Waals surface area contributed by atoms with Gasteiger partial charge in [-0.05, 0) is 12.5 Å². The van der Waals surface area contributed by atoms with Gasteiger partial charge in [0, 0.05) is 23.0 Å². The fourth-order valence-electron chi connectivity index (χ4n) is 4.12. The molecule has 2 amide bonds. The molecule has 242 valence electrons. The Labute approximate surface area is 273 Å². The number of carbonyl (C=O) groups is 4. The van der Waals surface area contributed by atoms with Crippen LogP contribution in [0, 0.1) is 0 Å². The normalized spacial score (nSPS) is 17.7. The molecular weight excluding hydrogens is 689 g/mol. The van der Waals surface area contributed by atoms with E-state index in [0.29, 0.717) is 14.6 Å². The van der Waals surface area contributed by atoms with Crippen LogP contribution in [0.4, 0.5) is 5.13 Å². The van der Waals surface area contributed by atoms with E-state index in [1.165, 1.54) is 17.1 Å². The molecule has 2 aliphatic rings. The summed E-state index contributed by atoms with van der Waals surface area (Å²) in [7, 11) is 0. The smallest absolute Gasteiger partial charge is 0.369 e. The molecule has 2 aliphatic heterocycles. The second-order valence-corrected chi connectivity index (χ2v) is 13.3. The highest BCUT2D eigenvalue weighted by Gasteiger charge is 2.54. The molecule has 0 saturated carbocycles. The maximum atomic E-state index is 13.3. The van der Waals surface area contributed by atoms with Crippen molar-refractivity contribution in [2.45, 2.75) is 29.3 Å². The SMILES string of the molecule is CCOC(=O)c1nnc(SCC2=C(C(=O)O)N3C(=O)[C@@H](NC(=O)/C(=N/OCc4cc(=O)c(O)cn4O)c4csc(N)n4)[C@H]3SC2)s1. The number of β-lactam (4-membered cyclic amide) rings is 1. The Bertz CT molecular complexity index is 1840. The number of thiazole rings is 1. The Morgan fingerprint density at radius 2 is 2.07 bits per heavy atom. The summed E-state index contributed by atoms with van der Waals surface area (Å²) < 4.78 is 5.76. The number of nitrogen functional groups attached to an aromatic ring is 1. The van der Waals surface area contributed by atoms with Crippen molar-refractivity contribution in [2.24, 2.45) is 5.16 Å². The summed E-state index contributed by atoms with van der Waals surface area (Å²) in [5, 5.41) is 44.2. The molecule has 46 heavy (non-hydrogen) atoms. The number of anilines is 1. The number of fused-ring (bicyclic) bond motifs is 1. The Hall–Kier alpha value is -4.67. The molecule has 22 heteroatoms. The van der Waals surface area contributed by atoms with Crippen LogP contribution in [-0.2, 0) is 30.6 Å². The number of ether oxygens (including phenoxy) is 1. The first-order valence-electron chi connectivity index (χ1n) is 12.9. The zero-order valence-electron chi connectivity index (χ0n) is 23.3. The van der Waals surface area contributed by atoms with Gasteiger partial charge in [0.15, 0.2) is 27.5 Å². The third-order valence-electron chi connectivity index (χ3n) is 6.20. The molecule has 3 aromatic heterocycles. The molecule has 5 rings (SSSR count). The lowest BCUT2D eigenvalue weighted by atomic mass is 10.0. The number of esters is 1. The van der Waals surface area contributed by atoms with Crippen molar-refractivity contribution in [2.75, 3.05) is 23.8 Å². The van der Waals surface area contributed by atoms with E-state index in [1.807, 2.05) is 0 Å². The number of oxime groups is 1. The number of aromatic nitrogens is 4. The summed E-state index contributed by atoms with van der Waals surface area (Å²) in [5.74, 6) is -3.80. The lowest BCUT2D eigenvalue weighted by Gasteiger charge is -2.49. The Morgan fingerprint density at radius 3 is 2.76 bits per heavy atom. The molecule has 18 nitrogen and oxygen atoms in total. The molecule has 0 spiro atoms. The molecular formula is C24H22N8O10S4. The molecule has 0 aliphatic carbocycles. The highest BCUT2D eigenvalue weighted by molar-refractivity contribution is 8.01. The van der Waals surface area contributed by atoms with Crippen molar-refractivity contribution in [3.05, 3.63) is 55.5 Å². The van der Waals surface area contributed by atoms with Gasteiger partial charge in [-0.3, -0.25) is 19.3 Å². The molecule has 6 N–H and O–H groups in total. The summed E-state index contributed by atoms with van der Waals surface area (Å²) in [6, 6.07) is -0.209. The summed E-state index contributed by atoms with van der Waals surface area (Å²) in [4.78, 5) is 72.7. The van der Waals surface area contributed by atoms with E-state index in [-0.39, 0.29) is 51.0 Å². The maximum Gasteiger partial charge on any atom is 0.369 e. The molecule has 2 atom stereocenters. The van der Waals surface area contributed by atoms with Gasteiger partial charge >= 0.3 is 11.9 Å². The molecule has 1 fully saturated rings. The number of nitrogens with zero attached hydrogens (tertiary/aromatic N) is 6. The summed E-state index contributed by atoms with van der Waals surface area (Å²) in [6.45, 7) is 1.34. The van der Waals surface area contributed by atoms with Crippen molar-refractivity contribution in [1.29, 1.82) is 0 Å². The minimum atomic E-state index is -1.33. The number of hydrogen-bond donors (Lipinski definition) is 5. The van der Waals surface area contributed by atoms with Gasteiger partial charge in [0.2, 0.25) is 10.4 Å². The number of nitrogens with one attached hydrogen (secondary N) is 1. The quantitative estimate of drug-likeness (QED) is 0.0423. The van der Waals surface area contributed by atoms with Crippen LogP contribution in [0.5, 0.6) is 5.75 Å². The summed E-state index contributed by atoms with van der Waals surface area (Å²) in [5.41, 5.74) is 4.70. The predicted octanol–water partition coefficient (Wildman–Crippen LogP) is 0.310. The van der Waals surface area contributed by atoms with Gasteiger partial charge in [0.05, 0.1) is 12.8 Å². The number of carbonyl (C=O) groups excluding carboxylic acids is 3. The minimum absolute atomic E-state index is 0.0141. The maximum absolute atomic E-state index is 13.3. The molecule has 0 bridgehead atoms. The highest BCUT2D eigenvalue weighted by atomic mass is 32.2. The number of thioether (sulfide) groups is 2. The number of rotatable bonds is 12. The molecule has 5 heterocycles. The number of carboxylic acid groups (broad SMARTS) is 1. The lowest BCUT2D eigenvalue weighted by molar-refractivity contribution is -0.150. The van der Waals surface area contributed by atoms with Crippen molar-refractivity contribution >= 4 is 80.8 Å². The zero-order chi connectivity index (χ0) is 33.1. The van der Waals surface area contributed by atoms with E-state index >= 15 is 0 Å². The minimum Gasteiger partial charge on any atom is -0.503 e. The number of aliphatic carboxylic acids is 1. The van der Waals surface area contributed by atoms with Crippen LogP contribution in [0.1, 0.15) is 28.1 Å². The topological polar surface area (TPSA) is 262 Å². The van der Waals surface area contributed by atoms with Gasteiger partial charge in [-0.25, -0.2) is 14.6 Å². The Morgan fingerprint density at radius 1 is 1.28 bits per heavy atom. The Balaban J connectivity index is 1.28. The Kier molecular flexibility index (Phi) is 9.79. The van der Waals surface area contributed by atoms with Crippen LogP contribution in [0.2, 0.25) is 0 Å². The fraction of sp³-hybridized carbons (Fsp3) is 0.292. The summed E-state index contributed by atoms with van der Waals surface area (Å²) in [6.07, 6.45) is 0.761. The van der Waals surface area contributed by atoms with Gasteiger partial charge < -0.3 is 36.0 Å².